The number of hydrogen-bond acceptors (Lipinski definition) is 5. The summed E-state index contributed by atoms with van der Waals surface area (Å²) in [6, 6.07) is 10.6. The molecule has 1 saturated heterocycles. The van der Waals surface area contributed by atoms with E-state index in [1.807, 2.05) is 17.5 Å². The normalized spacial score (nSPS) is 16.3. The average molecular weight is 411 g/mol. The lowest BCUT2D eigenvalue weighted by Crippen LogP contribution is -2.51. The molecule has 0 radical (unpaired) electrons. The molecule has 0 bridgehead atoms. The van der Waals surface area contributed by atoms with E-state index in [9.17, 15) is 19.2 Å². The molecule has 0 unspecified atom stereocenters. The molecule has 2 aliphatic rings. The molecule has 0 N–H and O–H groups in total. The minimum absolute atomic E-state index is 0.0721. The number of piperazine rings is 1. The first-order chi connectivity index (χ1) is 14.0. The molecule has 0 saturated carbocycles. The van der Waals surface area contributed by atoms with E-state index in [1.165, 1.54) is 0 Å². The van der Waals surface area contributed by atoms with Gasteiger partial charge in [-0.3, -0.25) is 24.1 Å². The van der Waals surface area contributed by atoms with Crippen LogP contribution in [0, 0.1) is 0 Å². The Bertz CT molecular complexity index is 914. The number of nitrogens with zero attached hydrogens (tertiary/aromatic N) is 3. The first-order valence-corrected chi connectivity index (χ1v) is 10.5. The number of carbonyl (C=O) groups is 4. The zero-order chi connectivity index (χ0) is 20.4. The molecule has 2 aromatic rings. The molecule has 4 rings (SSSR count). The third-order valence-corrected chi connectivity index (χ3v) is 6.19. The average Bonchev–Trinajstić information content (AvgIpc) is 3.34. The summed E-state index contributed by atoms with van der Waals surface area (Å²) in [7, 11) is 0. The van der Waals surface area contributed by atoms with E-state index in [-0.39, 0.29) is 36.6 Å². The number of benzene rings is 1. The molecule has 4 amide bonds. The van der Waals surface area contributed by atoms with E-state index < -0.39 is 0 Å². The number of fused-ring (bicyclic) bond motifs is 1. The van der Waals surface area contributed by atoms with Gasteiger partial charge in [0.2, 0.25) is 11.8 Å². The molecule has 8 heteroatoms. The molecule has 1 aromatic carbocycles. The molecular weight excluding hydrogens is 390 g/mol. The lowest BCUT2D eigenvalue weighted by atomic mass is 10.1. The van der Waals surface area contributed by atoms with Crippen molar-refractivity contribution in [1.82, 2.24) is 14.7 Å². The van der Waals surface area contributed by atoms with Gasteiger partial charge in [-0.05, 0) is 23.6 Å². The van der Waals surface area contributed by atoms with E-state index in [4.69, 9.17) is 0 Å². The standard InChI is InChI=1S/C21H21N3O4S/c25-18(7-8-24-20(27)16-5-1-2-6-17(16)21(24)28)22-9-11-23(12-10-22)19(26)14-15-4-3-13-29-15/h1-6,13H,7-12,14H2. The Morgan fingerprint density at radius 1 is 0.828 bits per heavy atom. The molecule has 3 heterocycles. The maximum absolute atomic E-state index is 12.5. The van der Waals surface area contributed by atoms with Crippen LogP contribution in [0.2, 0.25) is 0 Å². The number of carbonyl (C=O) groups excluding carboxylic acids is 4. The van der Waals surface area contributed by atoms with Gasteiger partial charge in [0, 0.05) is 44.0 Å². The van der Waals surface area contributed by atoms with Gasteiger partial charge in [0.15, 0.2) is 0 Å². The van der Waals surface area contributed by atoms with Crippen LogP contribution in [-0.4, -0.2) is 71.1 Å². The minimum Gasteiger partial charge on any atom is -0.339 e. The largest absolute Gasteiger partial charge is 0.339 e. The van der Waals surface area contributed by atoms with Crippen LogP contribution in [0.4, 0.5) is 0 Å². The van der Waals surface area contributed by atoms with Gasteiger partial charge < -0.3 is 9.80 Å². The fourth-order valence-corrected chi connectivity index (χ4v) is 4.38. The van der Waals surface area contributed by atoms with Gasteiger partial charge in [0.1, 0.15) is 0 Å². The summed E-state index contributed by atoms with van der Waals surface area (Å²) in [5, 5.41) is 1.95. The maximum atomic E-state index is 12.5. The summed E-state index contributed by atoms with van der Waals surface area (Å²) < 4.78 is 0. The van der Waals surface area contributed by atoms with Crippen LogP contribution in [0.15, 0.2) is 41.8 Å². The van der Waals surface area contributed by atoms with Crippen molar-refractivity contribution in [3.8, 4) is 0 Å². The first-order valence-electron chi connectivity index (χ1n) is 9.58. The highest BCUT2D eigenvalue weighted by atomic mass is 32.1. The number of amides is 4. The lowest BCUT2D eigenvalue weighted by Gasteiger charge is -2.35. The summed E-state index contributed by atoms with van der Waals surface area (Å²) in [6.07, 6.45) is 0.486. The number of thiophene rings is 1. The predicted molar refractivity (Wildman–Crippen MR) is 108 cm³/mol. The highest BCUT2D eigenvalue weighted by molar-refractivity contribution is 7.10. The zero-order valence-electron chi connectivity index (χ0n) is 15.9. The van der Waals surface area contributed by atoms with E-state index >= 15 is 0 Å². The van der Waals surface area contributed by atoms with Crippen LogP contribution >= 0.6 is 11.3 Å². The fourth-order valence-electron chi connectivity index (χ4n) is 3.69. The second kappa shape index (κ2) is 8.16. The van der Waals surface area contributed by atoms with Crippen LogP contribution in [0.3, 0.4) is 0 Å². The highest BCUT2D eigenvalue weighted by Crippen LogP contribution is 2.22. The van der Waals surface area contributed by atoms with Crippen LogP contribution in [0.25, 0.3) is 0 Å². The topological polar surface area (TPSA) is 78.0 Å². The summed E-state index contributed by atoms with van der Waals surface area (Å²) in [6.45, 7) is 2.02. The van der Waals surface area contributed by atoms with Crippen molar-refractivity contribution < 1.29 is 19.2 Å². The fraction of sp³-hybridized carbons (Fsp3) is 0.333. The Labute approximate surface area is 172 Å². The minimum atomic E-state index is -0.345. The quantitative estimate of drug-likeness (QED) is 0.701. The molecule has 150 valence electrons. The molecule has 29 heavy (non-hydrogen) atoms. The van der Waals surface area contributed by atoms with Crippen molar-refractivity contribution >= 4 is 35.0 Å². The molecule has 1 aromatic heterocycles. The molecule has 0 spiro atoms. The Hall–Kier alpha value is -3.00. The van der Waals surface area contributed by atoms with Gasteiger partial charge in [-0.2, -0.15) is 0 Å². The molecule has 7 nitrogen and oxygen atoms in total. The Balaban J connectivity index is 1.26. The van der Waals surface area contributed by atoms with Crippen molar-refractivity contribution in [2.45, 2.75) is 12.8 Å². The van der Waals surface area contributed by atoms with Gasteiger partial charge in [-0.1, -0.05) is 18.2 Å². The maximum Gasteiger partial charge on any atom is 0.261 e. The van der Waals surface area contributed by atoms with E-state index in [1.54, 1.807) is 45.4 Å². The molecule has 1 fully saturated rings. The third-order valence-electron chi connectivity index (χ3n) is 5.32. The van der Waals surface area contributed by atoms with Gasteiger partial charge in [-0.25, -0.2) is 0 Å². The van der Waals surface area contributed by atoms with Crippen LogP contribution in [0.5, 0.6) is 0 Å². The number of hydrogen-bond donors (Lipinski definition) is 0. The zero-order valence-corrected chi connectivity index (χ0v) is 16.7. The summed E-state index contributed by atoms with van der Waals surface area (Å²) in [5.41, 5.74) is 0.783. The van der Waals surface area contributed by atoms with Gasteiger partial charge in [-0.15, -0.1) is 11.3 Å². The summed E-state index contributed by atoms with van der Waals surface area (Å²) in [5.74, 6) is -0.720. The molecule has 2 aliphatic heterocycles. The third kappa shape index (κ3) is 3.93. The Morgan fingerprint density at radius 3 is 1.97 bits per heavy atom. The first kappa shape index (κ1) is 19.3. The van der Waals surface area contributed by atoms with E-state index in [2.05, 4.69) is 0 Å². The van der Waals surface area contributed by atoms with Gasteiger partial charge in [0.05, 0.1) is 17.5 Å². The smallest absolute Gasteiger partial charge is 0.261 e. The van der Waals surface area contributed by atoms with E-state index in [0.29, 0.717) is 43.7 Å². The molecule has 0 atom stereocenters. The SMILES string of the molecule is O=C(CCN1C(=O)c2ccccc2C1=O)N1CCN(C(=O)Cc2cccs2)CC1. The second-order valence-corrected chi connectivity index (χ2v) is 8.11. The summed E-state index contributed by atoms with van der Waals surface area (Å²) >= 11 is 1.56. The predicted octanol–water partition coefficient (Wildman–Crippen LogP) is 1.65. The lowest BCUT2D eigenvalue weighted by molar-refractivity contribution is -0.139. The van der Waals surface area contributed by atoms with Crippen molar-refractivity contribution in [2.75, 3.05) is 32.7 Å². The second-order valence-electron chi connectivity index (χ2n) is 7.08. The van der Waals surface area contributed by atoms with Crippen molar-refractivity contribution in [3.05, 3.63) is 57.8 Å². The molecule has 0 aliphatic carbocycles. The van der Waals surface area contributed by atoms with Crippen molar-refractivity contribution in [3.63, 3.8) is 0 Å². The summed E-state index contributed by atoms with van der Waals surface area (Å²) in [4.78, 5) is 55.3. The Kier molecular flexibility index (Phi) is 5.44. The van der Waals surface area contributed by atoms with Gasteiger partial charge in [0.25, 0.3) is 11.8 Å². The monoisotopic (exact) mass is 411 g/mol. The van der Waals surface area contributed by atoms with Crippen LogP contribution in [-0.2, 0) is 16.0 Å². The van der Waals surface area contributed by atoms with Crippen LogP contribution < -0.4 is 0 Å². The number of imide groups is 1. The highest BCUT2D eigenvalue weighted by Gasteiger charge is 2.35. The van der Waals surface area contributed by atoms with Crippen LogP contribution in [0.1, 0.15) is 32.0 Å². The Morgan fingerprint density at radius 2 is 1.41 bits per heavy atom. The van der Waals surface area contributed by atoms with Gasteiger partial charge >= 0.3 is 0 Å². The van der Waals surface area contributed by atoms with Crippen molar-refractivity contribution in [2.24, 2.45) is 0 Å². The van der Waals surface area contributed by atoms with Crippen molar-refractivity contribution in [1.29, 1.82) is 0 Å². The number of rotatable bonds is 5. The molecular formula is C21H21N3O4S. The van der Waals surface area contributed by atoms with E-state index in [0.717, 1.165) is 9.78 Å².